The number of aromatic nitrogens is 2. The first-order valence-corrected chi connectivity index (χ1v) is 9.40. The molecule has 3 rings (SSSR count). The number of hydrogen-bond acceptors (Lipinski definition) is 3. The Morgan fingerprint density at radius 3 is 2.48 bits per heavy atom. The number of alkyl halides is 3. The molecule has 0 aliphatic rings. The number of rotatable bonds is 4. The summed E-state index contributed by atoms with van der Waals surface area (Å²) in [7, 11) is 0. The van der Waals surface area contributed by atoms with E-state index in [2.05, 4.69) is 16.5 Å². The molecule has 0 amide bonds. The van der Waals surface area contributed by atoms with Crippen LogP contribution in [0, 0.1) is 11.3 Å². The minimum Gasteiger partial charge on any atom is -0.357 e. The zero-order chi connectivity index (χ0) is 21.4. The van der Waals surface area contributed by atoms with Gasteiger partial charge in [0.2, 0.25) is 0 Å². The molecule has 1 atom stereocenters. The van der Waals surface area contributed by atoms with Crippen molar-refractivity contribution in [1.29, 1.82) is 5.26 Å². The molecular formula is C19H13Cl2F3N4S. The standard InChI is InChI=1S/C19H13Cl2F3N4S/c1-18(9-25,10-28-8-12-6-14(20)7-15(21)16(12)27-28)26-17(29)11-2-4-13(5-3-11)19(22,23)24/h2-8H,10H2,1H3,(H,26,29). The smallest absolute Gasteiger partial charge is 0.357 e. The largest absolute Gasteiger partial charge is 0.416 e. The van der Waals surface area contributed by atoms with E-state index < -0.39 is 17.3 Å². The predicted octanol–water partition coefficient (Wildman–Crippen LogP) is 5.61. The summed E-state index contributed by atoms with van der Waals surface area (Å²) >= 11 is 17.4. The van der Waals surface area contributed by atoms with Gasteiger partial charge in [-0.15, -0.1) is 0 Å². The fourth-order valence-electron chi connectivity index (χ4n) is 2.75. The second kappa shape index (κ2) is 7.82. The first kappa shape index (κ1) is 21.4. The molecule has 150 valence electrons. The van der Waals surface area contributed by atoms with Crippen LogP contribution in [0.15, 0.2) is 42.6 Å². The average Bonchev–Trinajstić information content (AvgIpc) is 3.03. The summed E-state index contributed by atoms with van der Waals surface area (Å²) in [6.07, 6.45) is -2.73. The van der Waals surface area contributed by atoms with Crippen LogP contribution < -0.4 is 5.32 Å². The molecule has 0 bridgehead atoms. The maximum atomic E-state index is 12.7. The topological polar surface area (TPSA) is 53.6 Å². The summed E-state index contributed by atoms with van der Waals surface area (Å²) in [4.78, 5) is 0.153. The highest BCUT2D eigenvalue weighted by atomic mass is 35.5. The van der Waals surface area contributed by atoms with E-state index in [0.717, 1.165) is 12.1 Å². The van der Waals surface area contributed by atoms with Crippen LogP contribution in [0.2, 0.25) is 10.0 Å². The van der Waals surface area contributed by atoms with Gasteiger partial charge in [0.05, 0.1) is 23.2 Å². The Labute approximate surface area is 179 Å². The minimum absolute atomic E-state index is 0.118. The Morgan fingerprint density at radius 1 is 1.24 bits per heavy atom. The number of hydrogen-bond donors (Lipinski definition) is 1. The van der Waals surface area contributed by atoms with Crippen molar-refractivity contribution in [3.8, 4) is 6.07 Å². The maximum absolute atomic E-state index is 12.7. The molecule has 29 heavy (non-hydrogen) atoms. The highest BCUT2D eigenvalue weighted by Crippen LogP contribution is 2.29. The number of benzene rings is 2. The second-order valence-corrected chi connectivity index (χ2v) is 7.88. The lowest BCUT2D eigenvalue weighted by molar-refractivity contribution is -0.137. The van der Waals surface area contributed by atoms with E-state index in [-0.39, 0.29) is 11.5 Å². The molecule has 1 unspecified atom stereocenters. The molecule has 0 radical (unpaired) electrons. The van der Waals surface area contributed by atoms with Crippen molar-refractivity contribution in [3.05, 3.63) is 63.8 Å². The first-order chi connectivity index (χ1) is 13.5. The van der Waals surface area contributed by atoms with Crippen LogP contribution in [-0.2, 0) is 12.7 Å². The average molecular weight is 457 g/mol. The highest BCUT2D eigenvalue weighted by molar-refractivity contribution is 7.80. The van der Waals surface area contributed by atoms with Gasteiger partial charge in [-0.1, -0.05) is 47.6 Å². The van der Waals surface area contributed by atoms with Crippen molar-refractivity contribution in [2.45, 2.75) is 25.2 Å². The SMILES string of the molecule is CC(C#N)(Cn1cc2cc(Cl)cc(Cl)c2n1)NC(=S)c1ccc(C(F)(F)F)cc1. The van der Waals surface area contributed by atoms with Gasteiger partial charge in [0.15, 0.2) is 0 Å². The molecule has 0 fully saturated rings. The van der Waals surface area contributed by atoms with Gasteiger partial charge < -0.3 is 5.32 Å². The van der Waals surface area contributed by atoms with Crippen molar-refractivity contribution >= 4 is 51.3 Å². The number of nitrogens with one attached hydrogen (secondary N) is 1. The summed E-state index contributed by atoms with van der Waals surface area (Å²) < 4.78 is 39.7. The molecule has 0 spiro atoms. The van der Waals surface area contributed by atoms with Gasteiger partial charge in [0.1, 0.15) is 16.0 Å². The first-order valence-electron chi connectivity index (χ1n) is 8.24. The molecule has 1 N–H and O–H groups in total. The van der Waals surface area contributed by atoms with E-state index in [1.54, 1.807) is 29.9 Å². The fraction of sp³-hybridized carbons (Fsp3) is 0.211. The van der Waals surface area contributed by atoms with E-state index >= 15 is 0 Å². The molecule has 0 aliphatic carbocycles. The fourth-order valence-corrected chi connectivity index (χ4v) is 3.66. The van der Waals surface area contributed by atoms with Gasteiger partial charge in [-0.3, -0.25) is 4.68 Å². The van der Waals surface area contributed by atoms with Crippen LogP contribution >= 0.6 is 35.4 Å². The summed E-state index contributed by atoms with van der Waals surface area (Å²) in [6, 6.07) is 9.83. The maximum Gasteiger partial charge on any atom is 0.416 e. The lowest BCUT2D eigenvalue weighted by Gasteiger charge is -2.25. The quantitative estimate of drug-likeness (QED) is 0.518. The van der Waals surface area contributed by atoms with E-state index in [0.29, 0.717) is 26.5 Å². The zero-order valence-electron chi connectivity index (χ0n) is 14.9. The highest BCUT2D eigenvalue weighted by Gasteiger charge is 2.31. The van der Waals surface area contributed by atoms with Gasteiger partial charge >= 0.3 is 6.18 Å². The van der Waals surface area contributed by atoms with Gasteiger partial charge in [-0.2, -0.15) is 23.5 Å². The van der Waals surface area contributed by atoms with Crippen LogP contribution in [0.4, 0.5) is 13.2 Å². The monoisotopic (exact) mass is 456 g/mol. The van der Waals surface area contributed by atoms with E-state index in [9.17, 15) is 18.4 Å². The van der Waals surface area contributed by atoms with Gasteiger partial charge in [0, 0.05) is 22.2 Å². The number of nitrogens with zero attached hydrogens (tertiary/aromatic N) is 3. The van der Waals surface area contributed by atoms with Crippen LogP contribution in [0.25, 0.3) is 10.9 Å². The number of fused-ring (bicyclic) bond motifs is 1. The molecule has 0 saturated heterocycles. The van der Waals surface area contributed by atoms with Crippen LogP contribution in [0.3, 0.4) is 0 Å². The van der Waals surface area contributed by atoms with E-state index in [1.807, 2.05) is 0 Å². The van der Waals surface area contributed by atoms with Crippen molar-refractivity contribution < 1.29 is 13.2 Å². The Bertz CT molecular complexity index is 1120. The Hall–Kier alpha value is -2.34. The summed E-state index contributed by atoms with van der Waals surface area (Å²) in [5, 5.41) is 18.5. The van der Waals surface area contributed by atoms with E-state index in [4.69, 9.17) is 35.4 Å². The summed E-state index contributed by atoms with van der Waals surface area (Å²) in [5.41, 5.74) is -1.03. The number of nitriles is 1. The third kappa shape index (κ3) is 4.81. The van der Waals surface area contributed by atoms with E-state index in [1.165, 1.54) is 12.1 Å². The van der Waals surface area contributed by atoms with Gasteiger partial charge in [0.25, 0.3) is 0 Å². The van der Waals surface area contributed by atoms with Crippen molar-refractivity contribution in [1.82, 2.24) is 15.1 Å². The molecule has 0 aliphatic heterocycles. The summed E-state index contributed by atoms with van der Waals surface area (Å²) in [5.74, 6) is 0. The van der Waals surface area contributed by atoms with Gasteiger partial charge in [-0.25, -0.2) is 0 Å². The van der Waals surface area contributed by atoms with Crippen LogP contribution in [0.5, 0.6) is 0 Å². The Kier molecular flexibility index (Phi) is 5.77. The molecule has 1 heterocycles. The van der Waals surface area contributed by atoms with Crippen molar-refractivity contribution in [3.63, 3.8) is 0 Å². The third-order valence-electron chi connectivity index (χ3n) is 4.16. The molecule has 2 aromatic carbocycles. The molecule has 4 nitrogen and oxygen atoms in total. The molecular weight excluding hydrogens is 444 g/mol. The molecule has 10 heteroatoms. The number of halogens is 5. The molecule has 0 saturated carbocycles. The predicted molar refractivity (Wildman–Crippen MR) is 110 cm³/mol. The van der Waals surface area contributed by atoms with Crippen molar-refractivity contribution in [2.75, 3.05) is 0 Å². The minimum atomic E-state index is -4.43. The third-order valence-corrected chi connectivity index (χ3v) is 5.01. The lowest BCUT2D eigenvalue weighted by atomic mass is 10.0. The normalized spacial score (nSPS) is 13.7. The molecule has 3 aromatic rings. The zero-order valence-corrected chi connectivity index (χ0v) is 17.2. The summed E-state index contributed by atoms with van der Waals surface area (Å²) in [6.45, 7) is 1.73. The van der Waals surface area contributed by atoms with Crippen molar-refractivity contribution in [2.24, 2.45) is 0 Å². The lowest BCUT2D eigenvalue weighted by Crippen LogP contribution is -2.47. The number of thiocarbonyl (C=S) groups is 1. The van der Waals surface area contributed by atoms with Crippen LogP contribution in [0.1, 0.15) is 18.1 Å². The van der Waals surface area contributed by atoms with Crippen LogP contribution in [-0.4, -0.2) is 20.3 Å². The second-order valence-electron chi connectivity index (χ2n) is 6.63. The Balaban J connectivity index is 1.80. The molecule has 1 aromatic heterocycles. The Morgan fingerprint density at radius 2 is 1.90 bits per heavy atom. The van der Waals surface area contributed by atoms with Gasteiger partial charge in [-0.05, 0) is 31.2 Å².